The van der Waals surface area contributed by atoms with Crippen molar-refractivity contribution in [3.8, 4) is 0 Å². The van der Waals surface area contributed by atoms with Gasteiger partial charge in [0.1, 0.15) is 0 Å². The van der Waals surface area contributed by atoms with E-state index in [4.69, 9.17) is 0 Å². The number of nitrogens with one attached hydrogen (secondary N) is 1. The molecule has 0 bridgehead atoms. The second-order valence-electron chi connectivity index (χ2n) is 6.73. The van der Waals surface area contributed by atoms with E-state index < -0.39 is 0 Å². The van der Waals surface area contributed by atoms with E-state index in [1.807, 2.05) is 0 Å². The summed E-state index contributed by atoms with van der Waals surface area (Å²) in [4.78, 5) is 13.9. The van der Waals surface area contributed by atoms with Gasteiger partial charge >= 0.3 is 0 Å². The van der Waals surface area contributed by atoms with Gasteiger partial charge in [-0.15, -0.1) is 0 Å². The first-order chi connectivity index (χ1) is 9.26. The summed E-state index contributed by atoms with van der Waals surface area (Å²) in [5, 5.41) is 3.07. The fraction of sp³-hybridized carbons (Fsp3) is 0.812. The highest BCUT2D eigenvalue weighted by Crippen LogP contribution is 2.38. The molecule has 3 aliphatic rings. The number of hydrogen-bond donors (Lipinski definition) is 1. The van der Waals surface area contributed by atoms with Gasteiger partial charge in [-0.05, 0) is 62.9 Å². The van der Waals surface area contributed by atoms with E-state index in [0.29, 0.717) is 5.41 Å². The Morgan fingerprint density at radius 3 is 2.74 bits per heavy atom. The van der Waals surface area contributed by atoms with Crippen LogP contribution in [-0.4, -0.2) is 37.0 Å². The van der Waals surface area contributed by atoms with Gasteiger partial charge in [0.15, 0.2) is 0 Å². The summed E-state index contributed by atoms with van der Waals surface area (Å²) in [6.07, 6.45) is 13.0. The van der Waals surface area contributed by atoms with Crippen molar-refractivity contribution in [1.29, 1.82) is 0 Å². The fourth-order valence-electron chi connectivity index (χ4n) is 3.87. The summed E-state index contributed by atoms with van der Waals surface area (Å²) in [5.41, 5.74) is 0.427. The molecule has 2 saturated heterocycles. The quantitative estimate of drug-likeness (QED) is 0.775. The third kappa shape index (κ3) is 3.19. The molecule has 3 rings (SSSR count). The van der Waals surface area contributed by atoms with Crippen LogP contribution in [0.15, 0.2) is 12.2 Å². The molecular formula is C16H26N2O. The molecule has 0 saturated carbocycles. The molecule has 1 aliphatic carbocycles. The SMILES string of the molecule is O=C1CCC2(CCN(CC3CC=CCC3)CC2)CN1. The topological polar surface area (TPSA) is 32.3 Å². The van der Waals surface area contributed by atoms with E-state index in [1.54, 1.807) is 0 Å². The Kier molecular flexibility index (Phi) is 3.92. The minimum absolute atomic E-state index is 0.252. The smallest absolute Gasteiger partial charge is 0.220 e. The third-order valence-electron chi connectivity index (χ3n) is 5.35. The Bertz CT molecular complexity index is 344. The highest BCUT2D eigenvalue weighted by molar-refractivity contribution is 5.76. The summed E-state index contributed by atoms with van der Waals surface area (Å²) in [7, 11) is 0. The van der Waals surface area contributed by atoms with Crippen LogP contribution in [0.4, 0.5) is 0 Å². The van der Waals surface area contributed by atoms with Crippen LogP contribution in [0.25, 0.3) is 0 Å². The average Bonchev–Trinajstić information content (AvgIpc) is 2.46. The normalized spacial score (nSPS) is 31.4. The zero-order valence-electron chi connectivity index (χ0n) is 11.9. The average molecular weight is 262 g/mol. The van der Waals surface area contributed by atoms with Crippen molar-refractivity contribution in [1.82, 2.24) is 10.2 Å². The van der Waals surface area contributed by atoms with E-state index in [1.165, 1.54) is 51.7 Å². The summed E-state index contributed by atoms with van der Waals surface area (Å²) in [5.74, 6) is 1.13. The molecule has 1 atom stereocenters. The van der Waals surface area contributed by atoms with Gasteiger partial charge in [-0.1, -0.05) is 12.2 Å². The van der Waals surface area contributed by atoms with Crippen LogP contribution >= 0.6 is 0 Å². The lowest BCUT2D eigenvalue weighted by Crippen LogP contribution is -2.50. The van der Waals surface area contributed by atoms with E-state index in [2.05, 4.69) is 22.4 Å². The molecular weight excluding hydrogens is 236 g/mol. The largest absolute Gasteiger partial charge is 0.356 e. The lowest BCUT2D eigenvalue weighted by atomic mass is 9.73. The Morgan fingerprint density at radius 1 is 1.26 bits per heavy atom. The van der Waals surface area contributed by atoms with Crippen molar-refractivity contribution in [2.45, 2.75) is 44.9 Å². The number of amides is 1. The number of likely N-dealkylation sites (tertiary alicyclic amines) is 1. The zero-order chi connectivity index (χ0) is 13.1. The van der Waals surface area contributed by atoms with Gasteiger partial charge in [-0.2, -0.15) is 0 Å². The fourth-order valence-corrected chi connectivity index (χ4v) is 3.87. The maximum atomic E-state index is 11.3. The predicted octanol–water partition coefficient (Wildman–Crippen LogP) is 2.33. The van der Waals surface area contributed by atoms with Crippen LogP contribution in [-0.2, 0) is 4.79 Å². The first-order valence-electron chi connectivity index (χ1n) is 7.90. The van der Waals surface area contributed by atoms with Gasteiger partial charge < -0.3 is 10.2 Å². The number of piperidine rings is 2. The van der Waals surface area contributed by atoms with Crippen LogP contribution in [0.3, 0.4) is 0 Å². The molecule has 1 N–H and O–H groups in total. The lowest BCUT2D eigenvalue weighted by molar-refractivity contribution is -0.125. The highest BCUT2D eigenvalue weighted by Gasteiger charge is 2.37. The lowest BCUT2D eigenvalue weighted by Gasteiger charge is -2.44. The number of carbonyl (C=O) groups is 1. The summed E-state index contributed by atoms with van der Waals surface area (Å²) in [6.45, 7) is 4.67. The van der Waals surface area contributed by atoms with E-state index in [0.717, 1.165) is 25.3 Å². The van der Waals surface area contributed by atoms with Crippen LogP contribution < -0.4 is 5.32 Å². The van der Waals surface area contributed by atoms with E-state index in [9.17, 15) is 4.79 Å². The van der Waals surface area contributed by atoms with Gasteiger partial charge in [-0.25, -0.2) is 0 Å². The molecule has 3 nitrogen and oxygen atoms in total. The first-order valence-corrected chi connectivity index (χ1v) is 7.90. The second-order valence-corrected chi connectivity index (χ2v) is 6.73. The van der Waals surface area contributed by atoms with Crippen molar-refractivity contribution in [2.75, 3.05) is 26.2 Å². The summed E-state index contributed by atoms with van der Waals surface area (Å²) in [6, 6.07) is 0. The number of carbonyl (C=O) groups excluding carboxylic acids is 1. The zero-order valence-corrected chi connectivity index (χ0v) is 11.9. The molecule has 1 spiro atoms. The number of hydrogen-bond acceptors (Lipinski definition) is 2. The maximum Gasteiger partial charge on any atom is 0.220 e. The minimum atomic E-state index is 0.252. The second kappa shape index (κ2) is 5.66. The van der Waals surface area contributed by atoms with Gasteiger partial charge in [0, 0.05) is 19.5 Å². The predicted molar refractivity (Wildman–Crippen MR) is 76.8 cm³/mol. The van der Waals surface area contributed by atoms with Gasteiger partial charge in [0.25, 0.3) is 0 Å². The number of nitrogens with zero attached hydrogens (tertiary/aromatic N) is 1. The van der Waals surface area contributed by atoms with Crippen molar-refractivity contribution in [3.05, 3.63) is 12.2 Å². The molecule has 2 heterocycles. The Balaban J connectivity index is 1.46. The van der Waals surface area contributed by atoms with Crippen LogP contribution in [0.2, 0.25) is 0 Å². The van der Waals surface area contributed by atoms with Crippen molar-refractivity contribution in [2.24, 2.45) is 11.3 Å². The Labute approximate surface area is 116 Å². The van der Waals surface area contributed by atoms with Crippen LogP contribution in [0, 0.1) is 11.3 Å². The molecule has 3 heteroatoms. The standard InChI is InChI=1S/C16H26N2O/c19-15-6-7-16(13-17-15)8-10-18(11-9-16)12-14-4-2-1-3-5-14/h1-2,14H,3-13H2,(H,17,19). The summed E-state index contributed by atoms with van der Waals surface area (Å²) < 4.78 is 0. The molecule has 0 radical (unpaired) electrons. The molecule has 0 aromatic rings. The maximum absolute atomic E-state index is 11.3. The van der Waals surface area contributed by atoms with Gasteiger partial charge in [-0.3, -0.25) is 4.79 Å². The van der Waals surface area contributed by atoms with Gasteiger partial charge in [0.2, 0.25) is 5.91 Å². The highest BCUT2D eigenvalue weighted by atomic mass is 16.1. The molecule has 1 amide bonds. The van der Waals surface area contributed by atoms with Crippen molar-refractivity contribution < 1.29 is 4.79 Å². The van der Waals surface area contributed by atoms with Crippen molar-refractivity contribution in [3.63, 3.8) is 0 Å². The monoisotopic (exact) mass is 262 g/mol. The van der Waals surface area contributed by atoms with Crippen molar-refractivity contribution >= 4 is 5.91 Å². The minimum Gasteiger partial charge on any atom is -0.356 e. The molecule has 0 aromatic heterocycles. The Hall–Kier alpha value is -0.830. The number of rotatable bonds is 2. The van der Waals surface area contributed by atoms with Crippen LogP contribution in [0.1, 0.15) is 44.9 Å². The molecule has 2 fully saturated rings. The summed E-state index contributed by atoms with van der Waals surface area (Å²) >= 11 is 0. The first kappa shape index (κ1) is 13.2. The van der Waals surface area contributed by atoms with Gasteiger partial charge in [0.05, 0.1) is 0 Å². The molecule has 19 heavy (non-hydrogen) atoms. The third-order valence-corrected chi connectivity index (χ3v) is 5.35. The molecule has 0 aromatic carbocycles. The Morgan fingerprint density at radius 2 is 2.11 bits per heavy atom. The molecule has 1 unspecified atom stereocenters. The van der Waals surface area contributed by atoms with Crippen LogP contribution in [0.5, 0.6) is 0 Å². The molecule has 2 aliphatic heterocycles. The number of allylic oxidation sites excluding steroid dienone is 2. The van der Waals surface area contributed by atoms with E-state index in [-0.39, 0.29) is 5.91 Å². The van der Waals surface area contributed by atoms with E-state index >= 15 is 0 Å². The molecule has 106 valence electrons.